The molecule has 0 bridgehead atoms. The molecule has 1 N–H and O–H groups in total. The highest BCUT2D eigenvalue weighted by molar-refractivity contribution is 5.86. The smallest absolute Gasteiger partial charge is 0.315 e. The molecule has 7 nitrogen and oxygen atoms in total. The zero-order valence-corrected chi connectivity index (χ0v) is 14.2. The minimum atomic E-state index is -0.658. The van der Waals surface area contributed by atoms with Crippen LogP contribution in [-0.2, 0) is 0 Å². The number of nitro benzene ring substituents is 1. The first-order chi connectivity index (χ1) is 12.5. The number of fused-ring (bicyclic) bond motifs is 1. The summed E-state index contributed by atoms with van der Waals surface area (Å²) in [5, 5.41) is 22.1. The Kier molecular flexibility index (Phi) is 4.70. The standard InChI is InChI=1S/C19H16N2O5/c1-25-15-10-13(19(22)16(11-15)21(23)24)7-9-14-8-6-12-4-3-5-17(26-2)18(12)20-14/h3-11,22H,1-2H3. The number of ether oxygens (including phenoxy) is 2. The van der Waals surface area contributed by atoms with E-state index in [9.17, 15) is 15.2 Å². The number of pyridine rings is 1. The van der Waals surface area contributed by atoms with Gasteiger partial charge >= 0.3 is 5.69 Å². The van der Waals surface area contributed by atoms with E-state index in [-0.39, 0.29) is 11.3 Å². The van der Waals surface area contributed by atoms with Crippen LogP contribution in [0.15, 0.2) is 42.5 Å². The Labute approximate surface area is 149 Å². The molecule has 0 saturated carbocycles. The molecule has 3 aromatic rings. The zero-order chi connectivity index (χ0) is 18.7. The summed E-state index contributed by atoms with van der Waals surface area (Å²) in [6.07, 6.45) is 3.21. The van der Waals surface area contributed by atoms with Crippen molar-refractivity contribution in [3.63, 3.8) is 0 Å². The van der Waals surface area contributed by atoms with E-state index in [1.807, 2.05) is 30.3 Å². The van der Waals surface area contributed by atoms with E-state index >= 15 is 0 Å². The Hall–Kier alpha value is -3.61. The molecule has 0 amide bonds. The minimum Gasteiger partial charge on any atom is -0.502 e. The van der Waals surface area contributed by atoms with Crippen LogP contribution < -0.4 is 9.47 Å². The predicted molar refractivity (Wildman–Crippen MR) is 98.5 cm³/mol. The maximum Gasteiger partial charge on any atom is 0.315 e. The van der Waals surface area contributed by atoms with Gasteiger partial charge in [0.1, 0.15) is 17.0 Å². The van der Waals surface area contributed by atoms with E-state index < -0.39 is 16.4 Å². The summed E-state index contributed by atoms with van der Waals surface area (Å²) >= 11 is 0. The Balaban J connectivity index is 2.03. The highest BCUT2D eigenvalue weighted by Gasteiger charge is 2.18. The van der Waals surface area contributed by atoms with Crippen LogP contribution in [-0.4, -0.2) is 29.2 Å². The van der Waals surface area contributed by atoms with Gasteiger partial charge in [0.05, 0.1) is 30.9 Å². The summed E-state index contributed by atoms with van der Waals surface area (Å²) in [6, 6.07) is 12.0. The van der Waals surface area contributed by atoms with Crippen molar-refractivity contribution in [1.82, 2.24) is 4.98 Å². The summed E-state index contributed by atoms with van der Waals surface area (Å²) in [5.74, 6) is 0.505. The number of phenols is 1. The quantitative estimate of drug-likeness (QED) is 0.550. The van der Waals surface area contributed by atoms with Crippen LogP contribution in [0.1, 0.15) is 11.3 Å². The molecule has 0 fully saturated rings. The fourth-order valence-corrected chi connectivity index (χ4v) is 2.57. The number of nitrogens with zero attached hydrogens (tertiary/aromatic N) is 2. The van der Waals surface area contributed by atoms with E-state index in [4.69, 9.17) is 9.47 Å². The number of rotatable bonds is 5. The first kappa shape index (κ1) is 17.2. The molecule has 0 radical (unpaired) electrons. The zero-order valence-electron chi connectivity index (χ0n) is 14.2. The van der Waals surface area contributed by atoms with Gasteiger partial charge in [-0.3, -0.25) is 10.1 Å². The number of para-hydroxylation sites is 1. The highest BCUT2D eigenvalue weighted by Crippen LogP contribution is 2.35. The highest BCUT2D eigenvalue weighted by atomic mass is 16.6. The Morgan fingerprint density at radius 2 is 1.92 bits per heavy atom. The largest absolute Gasteiger partial charge is 0.502 e. The van der Waals surface area contributed by atoms with Gasteiger partial charge in [0.2, 0.25) is 5.75 Å². The van der Waals surface area contributed by atoms with Crippen molar-refractivity contribution in [2.24, 2.45) is 0 Å². The summed E-state index contributed by atoms with van der Waals surface area (Å²) in [7, 11) is 2.98. The van der Waals surface area contributed by atoms with Crippen molar-refractivity contribution < 1.29 is 19.5 Å². The number of phenolic OH excluding ortho intramolecular Hbond substituents is 1. The third-order valence-electron chi connectivity index (χ3n) is 3.88. The SMILES string of the molecule is COc1cc(C=Cc2ccc3cccc(OC)c3n2)c(O)c([N+](=O)[O-])c1. The Morgan fingerprint density at radius 3 is 2.62 bits per heavy atom. The minimum absolute atomic E-state index is 0.262. The number of hydrogen-bond acceptors (Lipinski definition) is 6. The lowest BCUT2D eigenvalue weighted by atomic mass is 10.1. The van der Waals surface area contributed by atoms with Crippen molar-refractivity contribution in [1.29, 1.82) is 0 Å². The summed E-state index contributed by atoms with van der Waals surface area (Å²) in [6.45, 7) is 0. The van der Waals surface area contributed by atoms with Gasteiger partial charge in [0.15, 0.2) is 0 Å². The average Bonchev–Trinajstić information content (AvgIpc) is 2.66. The molecule has 0 aliphatic rings. The molecule has 1 aromatic heterocycles. The van der Waals surface area contributed by atoms with Gasteiger partial charge in [-0.1, -0.05) is 18.2 Å². The van der Waals surface area contributed by atoms with Crippen molar-refractivity contribution in [2.75, 3.05) is 14.2 Å². The number of benzene rings is 2. The monoisotopic (exact) mass is 352 g/mol. The van der Waals surface area contributed by atoms with Crippen molar-refractivity contribution in [3.05, 3.63) is 63.8 Å². The number of methoxy groups -OCH3 is 2. The maximum atomic E-state index is 11.1. The number of aromatic hydroxyl groups is 1. The molecule has 0 atom stereocenters. The van der Waals surface area contributed by atoms with Crippen LogP contribution in [0.25, 0.3) is 23.1 Å². The summed E-state index contributed by atoms with van der Waals surface area (Å²) in [4.78, 5) is 14.9. The lowest BCUT2D eigenvalue weighted by Gasteiger charge is -2.06. The molecule has 3 rings (SSSR count). The molecule has 1 heterocycles. The van der Waals surface area contributed by atoms with Gasteiger partial charge in [-0.05, 0) is 30.4 Å². The normalized spacial score (nSPS) is 11.0. The van der Waals surface area contributed by atoms with Gasteiger partial charge in [-0.15, -0.1) is 0 Å². The average molecular weight is 352 g/mol. The molecule has 0 unspecified atom stereocenters. The molecule has 0 aliphatic carbocycles. The van der Waals surface area contributed by atoms with Crippen molar-refractivity contribution in [3.8, 4) is 17.2 Å². The van der Waals surface area contributed by atoms with Crippen molar-refractivity contribution >= 4 is 28.7 Å². The molecule has 0 aliphatic heterocycles. The predicted octanol–water partition coefficient (Wildman–Crippen LogP) is 4.04. The topological polar surface area (TPSA) is 94.7 Å². The number of aromatic nitrogens is 1. The van der Waals surface area contributed by atoms with Gasteiger partial charge in [-0.2, -0.15) is 0 Å². The molecule has 0 saturated heterocycles. The summed E-state index contributed by atoms with van der Waals surface area (Å²) < 4.78 is 10.4. The molecule has 0 spiro atoms. The fraction of sp³-hybridized carbons (Fsp3) is 0.105. The van der Waals surface area contributed by atoms with Crippen LogP contribution in [0.4, 0.5) is 5.69 Å². The third kappa shape index (κ3) is 3.27. The molecule has 132 valence electrons. The van der Waals surface area contributed by atoms with Crippen LogP contribution >= 0.6 is 0 Å². The second kappa shape index (κ2) is 7.10. The second-order valence-electron chi connectivity index (χ2n) is 5.44. The van der Waals surface area contributed by atoms with E-state index in [0.29, 0.717) is 17.0 Å². The summed E-state index contributed by atoms with van der Waals surface area (Å²) in [5.41, 5.74) is 1.17. The fourth-order valence-electron chi connectivity index (χ4n) is 2.57. The lowest BCUT2D eigenvalue weighted by molar-refractivity contribution is -0.385. The Bertz CT molecular complexity index is 1010. The lowest BCUT2D eigenvalue weighted by Crippen LogP contribution is -1.93. The molecule has 7 heteroatoms. The maximum absolute atomic E-state index is 11.1. The van der Waals surface area contributed by atoms with Crippen LogP contribution in [0.5, 0.6) is 17.2 Å². The van der Waals surface area contributed by atoms with E-state index in [1.54, 1.807) is 19.3 Å². The van der Waals surface area contributed by atoms with E-state index in [2.05, 4.69) is 4.98 Å². The first-order valence-electron chi connectivity index (χ1n) is 7.70. The number of hydrogen-bond donors (Lipinski definition) is 1. The van der Waals surface area contributed by atoms with E-state index in [1.165, 1.54) is 19.2 Å². The molecular weight excluding hydrogens is 336 g/mol. The van der Waals surface area contributed by atoms with Gasteiger partial charge in [0.25, 0.3) is 0 Å². The molecule has 26 heavy (non-hydrogen) atoms. The van der Waals surface area contributed by atoms with Gasteiger partial charge in [0, 0.05) is 10.9 Å². The molecular formula is C19H16N2O5. The van der Waals surface area contributed by atoms with Crippen LogP contribution in [0, 0.1) is 10.1 Å². The van der Waals surface area contributed by atoms with Crippen LogP contribution in [0.3, 0.4) is 0 Å². The molecule has 2 aromatic carbocycles. The second-order valence-corrected chi connectivity index (χ2v) is 5.44. The Morgan fingerprint density at radius 1 is 1.12 bits per heavy atom. The first-order valence-corrected chi connectivity index (χ1v) is 7.70. The third-order valence-corrected chi connectivity index (χ3v) is 3.88. The van der Waals surface area contributed by atoms with E-state index in [0.717, 1.165) is 5.39 Å². The van der Waals surface area contributed by atoms with Gasteiger partial charge in [-0.25, -0.2) is 4.98 Å². The van der Waals surface area contributed by atoms with Crippen molar-refractivity contribution in [2.45, 2.75) is 0 Å². The van der Waals surface area contributed by atoms with Gasteiger partial charge < -0.3 is 14.6 Å². The van der Waals surface area contributed by atoms with Crippen LogP contribution in [0.2, 0.25) is 0 Å². The number of nitro groups is 1.